The van der Waals surface area contributed by atoms with Crippen molar-refractivity contribution in [1.29, 1.82) is 0 Å². The summed E-state index contributed by atoms with van der Waals surface area (Å²) >= 11 is 0. The zero-order chi connectivity index (χ0) is 14.3. The quantitative estimate of drug-likeness (QED) is 0.785. The molecule has 1 heterocycles. The summed E-state index contributed by atoms with van der Waals surface area (Å²) in [4.78, 5) is 2.70. The van der Waals surface area contributed by atoms with Crippen molar-refractivity contribution in [3.8, 4) is 0 Å². The van der Waals surface area contributed by atoms with Crippen molar-refractivity contribution in [2.45, 2.75) is 78.8 Å². The van der Waals surface area contributed by atoms with Gasteiger partial charge in [0.2, 0.25) is 0 Å². The Balaban J connectivity index is 1.93. The molecule has 2 rings (SSSR count). The highest BCUT2D eigenvalue weighted by molar-refractivity contribution is 4.94. The van der Waals surface area contributed by atoms with E-state index in [0.29, 0.717) is 22.9 Å². The highest BCUT2D eigenvalue weighted by Gasteiger charge is 2.38. The van der Waals surface area contributed by atoms with Crippen LogP contribution >= 0.6 is 0 Å². The average molecular weight is 266 g/mol. The molecule has 0 aromatic rings. The molecule has 2 fully saturated rings. The number of piperidine rings is 1. The van der Waals surface area contributed by atoms with E-state index in [-0.39, 0.29) is 0 Å². The zero-order valence-electron chi connectivity index (χ0n) is 13.7. The smallest absolute Gasteiger partial charge is 0.0252 e. The van der Waals surface area contributed by atoms with Crippen LogP contribution in [0.5, 0.6) is 0 Å². The Hall–Kier alpha value is -0.0800. The van der Waals surface area contributed by atoms with Gasteiger partial charge in [0.05, 0.1) is 0 Å². The Bertz CT molecular complexity index is 295. The molecule has 2 aliphatic rings. The first-order valence-electron chi connectivity index (χ1n) is 8.19. The van der Waals surface area contributed by atoms with Crippen molar-refractivity contribution in [2.75, 3.05) is 13.1 Å². The number of hydrogen-bond acceptors (Lipinski definition) is 2. The van der Waals surface area contributed by atoms with E-state index in [2.05, 4.69) is 39.5 Å². The van der Waals surface area contributed by atoms with E-state index in [4.69, 9.17) is 5.73 Å². The largest absolute Gasteiger partial charge is 0.326 e. The monoisotopic (exact) mass is 266 g/mol. The van der Waals surface area contributed by atoms with Crippen molar-refractivity contribution >= 4 is 0 Å². The Morgan fingerprint density at radius 1 is 1.05 bits per heavy atom. The van der Waals surface area contributed by atoms with Crippen LogP contribution in [0.3, 0.4) is 0 Å². The number of nitrogens with zero attached hydrogens (tertiary/aromatic N) is 1. The number of nitrogens with two attached hydrogens (primary N) is 1. The fourth-order valence-corrected chi connectivity index (χ4v) is 4.07. The molecule has 0 radical (unpaired) electrons. The van der Waals surface area contributed by atoms with E-state index in [9.17, 15) is 0 Å². The van der Waals surface area contributed by atoms with Crippen LogP contribution in [0.25, 0.3) is 0 Å². The molecule has 2 N–H and O–H groups in total. The Labute approximate surface area is 120 Å². The molecule has 2 nitrogen and oxygen atoms in total. The number of rotatable bonds is 1. The summed E-state index contributed by atoms with van der Waals surface area (Å²) in [6.45, 7) is 14.5. The van der Waals surface area contributed by atoms with Crippen LogP contribution in [0.15, 0.2) is 0 Å². The summed E-state index contributed by atoms with van der Waals surface area (Å²) in [5, 5.41) is 0. The summed E-state index contributed by atoms with van der Waals surface area (Å²) in [7, 11) is 0. The molecule has 1 aliphatic carbocycles. The highest BCUT2D eigenvalue weighted by Crippen LogP contribution is 2.40. The maximum absolute atomic E-state index is 6.41. The van der Waals surface area contributed by atoms with Gasteiger partial charge in [-0.25, -0.2) is 0 Å². The van der Waals surface area contributed by atoms with Gasteiger partial charge < -0.3 is 5.73 Å². The first-order valence-corrected chi connectivity index (χ1v) is 8.19. The summed E-state index contributed by atoms with van der Waals surface area (Å²) in [5.74, 6) is 0.886. The van der Waals surface area contributed by atoms with Gasteiger partial charge in [-0.05, 0) is 61.9 Å². The summed E-state index contributed by atoms with van der Waals surface area (Å²) in [6.07, 6.45) is 6.49. The average Bonchev–Trinajstić information content (AvgIpc) is 2.31. The van der Waals surface area contributed by atoms with Gasteiger partial charge in [-0.3, -0.25) is 4.90 Å². The van der Waals surface area contributed by atoms with E-state index in [1.807, 2.05) is 0 Å². The molecule has 2 atom stereocenters. The van der Waals surface area contributed by atoms with E-state index in [1.165, 1.54) is 45.2 Å². The minimum Gasteiger partial charge on any atom is -0.326 e. The topological polar surface area (TPSA) is 29.3 Å². The van der Waals surface area contributed by atoms with E-state index in [1.54, 1.807) is 0 Å². The van der Waals surface area contributed by atoms with Crippen LogP contribution < -0.4 is 5.73 Å². The summed E-state index contributed by atoms with van der Waals surface area (Å²) in [6, 6.07) is 1.03. The molecule has 19 heavy (non-hydrogen) atoms. The lowest BCUT2D eigenvalue weighted by Gasteiger charge is -2.48. The van der Waals surface area contributed by atoms with E-state index >= 15 is 0 Å². The molecule has 0 aromatic heterocycles. The third-order valence-electron chi connectivity index (χ3n) is 5.63. The maximum Gasteiger partial charge on any atom is 0.0252 e. The lowest BCUT2D eigenvalue weighted by atomic mass is 9.71. The molecule has 0 aromatic carbocycles. The molecule has 1 saturated carbocycles. The second-order valence-corrected chi connectivity index (χ2v) is 8.81. The maximum atomic E-state index is 6.41. The Kier molecular flexibility index (Phi) is 4.32. The summed E-state index contributed by atoms with van der Waals surface area (Å²) < 4.78 is 0. The predicted molar refractivity (Wildman–Crippen MR) is 83.1 cm³/mol. The molecule has 0 bridgehead atoms. The number of hydrogen-bond donors (Lipinski definition) is 1. The van der Waals surface area contributed by atoms with Crippen LogP contribution in [-0.2, 0) is 0 Å². The fourth-order valence-electron chi connectivity index (χ4n) is 4.07. The Morgan fingerprint density at radius 2 is 1.63 bits per heavy atom. The van der Waals surface area contributed by atoms with Crippen LogP contribution in [0, 0.1) is 16.7 Å². The lowest BCUT2D eigenvalue weighted by Crippen LogP contribution is -2.55. The van der Waals surface area contributed by atoms with Gasteiger partial charge in [0, 0.05) is 12.1 Å². The third kappa shape index (κ3) is 3.72. The highest BCUT2D eigenvalue weighted by atomic mass is 15.2. The first kappa shape index (κ1) is 15.3. The minimum atomic E-state index is 0.402. The van der Waals surface area contributed by atoms with Gasteiger partial charge in [0.1, 0.15) is 0 Å². The molecule has 112 valence electrons. The van der Waals surface area contributed by atoms with Gasteiger partial charge in [0.25, 0.3) is 0 Å². The molecule has 1 saturated heterocycles. The minimum absolute atomic E-state index is 0.402. The predicted octanol–water partition coefficient (Wildman–Crippen LogP) is 3.65. The van der Waals surface area contributed by atoms with E-state index < -0.39 is 0 Å². The number of likely N-dealkylation sites (tertiary alicyclic amines) is 1. The van der Waals surface area contributed by atoms with Crippen molar-refractivity contribution in [3.05, 3.63) is 0 Å². The summed E-state index contributed by atoms with van der Waals surface area (Å²) in [5.41, 5.74) is 7.37. The van der Waals surface area contributed by atoms with Gasteiger partial charge in [0.15, 0.2) is 0 Å². The van der Waals surface area contributed by atoms with Crippen molar-refractivity contribution in [1.82, 2.24) is 4.90 Å². The molecule has 2 unspecified atom stereocenters. The zero-order valence-corrected chi connectivity index (χ0v) is 13.7. The van der Waals surface area contributed by atoms with Crippen LogP contribution in [0.2, 0.25) is 0 Å². The first-order chi connectivity index (χ1) is 8.69. The second-order valence-electron chi connectivity index (χ2n) is 8.81. The standard InChI is InChI=1S/C17H34N2/c1-16(2,3)13-7-10-19(11-8-13)15-12-17(4,5)9-6-14(15)18/h13-15H,6-12,18H2,1-5H3. The normalized spacial score (nSPS) is 34.4. The SMILES string of the molecule is CC1(C)CCC(N)C(N2CCC(C(C)(C)C)CC2)C1. The molecular weight excluding hydrogens is 232 g/mol. The molecule has 2 heteroatoms. The molecule has 0 spiro atoms. The van der Waals surface area contributed by atoms with Crippen LogP contribution in [0.1, 0.15) is 66.7 Å². The molecular formula is C17H34N2. The van der Waals surface area contributed by atoms with Crippen molar-refractivity contribution in [2.24, 2.45) is 22.5 Å². The van der Waals surface area contributed by atoms with E-state index in [0.717, 1.165) is 5.92 Å². The third-order valence-corrected chi connectivity index (χ3v) is 5.63. The Morgan fingerprint density at radius 3 is 2.16 bits per heavy atom. The fraction of sp³-hybridized carbons (Fsp3) is 1.00. The molecule has 1 aliphatic heterocycles. The van der Waals surface area contributed by atoms with Crippen molar-refractivity contribution < 1.29 is 0 Å². The lowest BCUT2D eigenvalue weighted by molar-refractivity contribution is 0.0323. The van der Waals surface area contributed by atoms with Gasteiger partial charge in [-0.1, -0.05) is 34.6 Å². The van der Waals surface area contributed by atoms with Crippen LogP contribution in [-0.4, -0.2) is 30.1 Å². The second kappa shape index (κ2) is 5.37. The molecule has 0 amide bonds. The van der Waals surface area contributed by atoms with Crippen molar-refractivity contribution in [3.63, 3.8) is 0 Å². The van der Waals surface area contributed by atoms with Gasteiger partial charge >= 0.3 is 0 Å². The van der Waals surface area contributed by atoms with Crippen LogP contribution in [0.4, 0.5) is 0 Å². The van der Waals surface area contributed by atoms with Gasteiger partial charge in [-0.15, -0.1) is 0 Å². The van der Waals surface area contributed by atoms with Gasteiger partial charge in [-0.2, -0.15) is 0 Å².